The van der Waals surface area contributed by atoms with Crippen molar-refractivity contribution in [2.75, 3.05) is 18.5 Å². The summed E-state index contributed by atoms with van der Waals surface area (Å²) in [6.45, 7) is 6.96. The predicted octanol–water partition coefficient (Wildman–Crippen LogP) is 2.14. The Labute approximate surface area is 127 Å². The van der Waals surface area contributed by atoms with Crippen molar-refractivity contribution in [2.45, 2.75) is 50.7 Å². The third-order valence-corrected chi connectivity index (χ3v) is 4.84. The smallest absolute Gasteiger partial charge is 0.240 e. The lowest BCUT2D eigenvalue weighted by atomic mass is 10.1. The molecule has 1 heterocycles. The highest BCUT2D eigenvalue weighted by Crippen LogP contribution is 2.27. The fourth-order valence-electron chi connectivity index (χ4n) is 2.37. The van der Waals surface area contributed by atoms with Crippen LogP contribution in [0.5, 0.6) is 0 Å². The van der Waals surface area contributed by atoms with E-state index in [2.05, 4.69) is 17.0 Å². The molecule has 0 spiro atoms. The van der Waals surface area contributed by atoms with E-state index >= 15 is 0 Å². The van der Waals surface area contributed by atoms with Gasteiger partial charge in [0, 0.05) is 24.9 Å². The lowest BCUT2D eigenvalue weighted by Crippen LogP contribution is -2.26. The fraction of sp³-hybridized carbons (Fsp3) is 0.600. The van der Waals surface area contributed by atoms with E-state index in [1.165, 1.54) is 0 Å². The van der Waals surface area contributed by atoms with Crippen molar-refractivity contribution < 1.29 is 13.2 Å². The van der Waals surface area contributed by atoms with Gasteiger partial charge in [0.05, 0.1) is 11.0 Å². The molecule has 1 aromatic carbocycles. The highest BCUT2D eigenvalue weighted by atomic mass is 32.2. The standard InChI is InChI=1S/C15H24N2O3S/c1-11(2)20-8-4-7-16-21(18,19)14-5-6-15-13(10-14)9-12(3)17-15/h5-6,10-12,16-17H,4,7-9H2,1-3H3. The third kappa shape index (κ3) is 4.43. The van der Waals surface area contributed by atoms with Crippen molar-refractivity contribution in [2.24, 2.45) is 0 Å². The first-order chi connectivity index (χ1) is 9.88. The Bertz CT molecular complexity index is 585. The molecule has 0 saturated carbocycles. The van der Waals surface area contributed by atoms with E-state index in [0.29, 0.717) is 30.5 Å². The Morgan fingerprint density at radius 2 is 2.19 bits per heavy atom. The summed E-state index contributed by atoms with van der Waals surface area (Å²) in [4.78, 5) is 0.335. The van der Waals surface area contributed by atoms with Gasteiger partial charge in [-0.3, -0.25) is 0 Å². The van der Waals surface area contributed by atoms with Crippen molar-refractivity contribution in [3.05, 3.63) is 23.8 Å². The maximum Gasteiger partial charge on any atom is 0.240 e. The maximum atomic E-state index is 12.2. The summed E-state index contributed by atoms with van der Waals surface area (Å²) in [5.41, 5.74) is 2.10. The van der Waals surface area contributed by atoms with Crippen molar-refractivity contribution >= 4 is 15.7 Å². The van der Waals surface area contributed by atoms with Crippen molar-refractivity contribution in [3.63, 3.8) is 0 Å². The summed E-state index contributed by atoms with van der Waals surface area (Å²) in [7, 11) is -3.43. The molecular weight excluding hydrogens is 288 g/mol. The van der Waals surface area contributed by atoms with Gasteiger partial charge in [-0.15, -0.1) is 0 Å². The summed E-state index contributed by atoms with van der Waals surface area (Å²) in [5.74, 6) is 0. The van der Waals surface area contributed by atoms with Crippen LogP contribution in [-0.4, -0.2) is 33.7 Å². The average Bonchev–Trinajstić information content (AvgIpc) is 2.76. The maximum absolute atomic E-state index is 12.2. The molecule has 0 radical (unpaired) electrons. The molecule has 2 N–H and O–H groups in total. The molecule has 0 bridgehead atoms. The molecule has 1 aliphatic heterocycles. The molecule has 2 rings (SSSR count). The number of ether oxygens (including phenoxy) is 1. The summed E-state index contributed by atoms with van der Waals surface area (Å²) >= 11 is 0. The number of hydrogen-bond donors (Lipinski definition) is 2. The van der Waals surface area contributed by atoms with Gasteiger partial charge in [0.1, 0.15) is 0 Å². The van der Waals surface area contributed by atoms with Crippen LogP contribution in [0.2, 0.25) is 0 Å². The van der Waals surface area contributed by atoms with E-state index in [1.54, 1.807) is 12.1 Å². The van der Waals surface area contributed by atoms with Crippen molar-refractivity contribution in [3.8, 4) is 0 Å². The molecular formula is C15H24N2O3S. The van der Waals surface area contributed by atoms with Crippen LogP contribution >= 0.6 is 0 Å². The number of sulfonamides is 1. The van der Waals surface area contributed by atoms with Crippen LogP contribution in [0.15, 0.2) is 23.1 Å². The Morgan fingerprint density at radius 1 is 1.43 bits per heavy atom. The number of nitrogens with one attached hydrogen (secondary N) is 2. The Hall–Kier alpha value is -1.11. The van der Waals surface area contributed by atoms with E-state index in [-0.39, 0.29) is 6.10 Å². The summed E-state index contributed by atoms with van der Waals surface area (Å²) in [6, 6.07) is 5.62. The van der Waals surface area contributed by atoms with Gasteiger partial charge >= 0.3 is 0 Å². The molecule has 1 aliphatic rings. The van der Waals surface area contributed by atoms with Crippen LogP contribution in [0.1, 0.15) is 32.8 Å². The number of rotatable bonds is 7. The first-order valence-corrected chi connectivity index (χ1v) is 8.87. The molecule has 1 atom stereocenters. The van der Waals surface area contributed by atoms with E-state index in [9.17, 15) is 8.42 Å². The van der Waals surface area contributed by atoms with Crippen LogP contribution in [0.3, 0.4) is 0 Å². The van der Waals surface area contributed by atoms with Gasteiger partial charge in [-0.25, -0.2) is 13.1 Å². The van der Waals surface area contributed by atoms with Crippen LogP contribution in [0.25, 0.3) is 0 Å². The molecule has 5 nitrogen and oxygen atoms in total. The normalized spacial score (nSPS) is 17.8. The molecule has 6 heteroatoms. The van der Waals surface area contributed by atoms with Gasteiger partial charge in [-0.1, -0.05) is 0 Å². The second kappa shape index (κ2) is 6.77. The minimum absolute atomic E-state index is 0.174. The van der Waals surface area contributed by atoms with E-state index in [4.69, 9.17) is 4.74 Å². The van der Waals surface area contributed by atoms with Crippen LogP contribution in [-0.2, 0) is 21.2 Å². The molecule has 0 amide bonds. The van der Waals surface area contributed by atoms with Gasteiger partial charge in [0.15, 0.2) is 0 Å². The zero-order valence-corrected chi connectivity index (χ0v) is 13.7. The highest BCUT2D eigenvalue weighted by molar-refractivity contribution is 7.89. The molecule has 0 aliphatic carbocycles. The Kier molecular flexibility index (Phi) is 5.24. The number of hydrogen-bond acceptors (Lipinski definition) is 4. The number of fused-ring (bicyclic) bond motifs is 1. The van der Waals surface area contributed by atoms with Crippen molar-refractivity contribution in [1.29, 1.82) is 0 Å². The lowest BCUT2D eigenvalue weighted by molar-refractivity contribution is 0.0778. The topological polar surface area (TPSA) is 67.4 Å². The zero-order valence-electron chi connectivity index (χ0n) is 12.8. The summed E-state index contributed by atoms with van der Waals surface area (Å²) in [5, 5.41) is 3.31. The van der Waals surface area contributed by atoms with Gasteiger partial charge in [-0.05, 0) is 57.4 Å². The molecule has 118 valence electrons. The van der Waals surface area contributed by atoms with Crippen LogP contribution < -0.4 is 10.0 Å². The third-order valence-electron chi connectivity index (χ3n) is 3.38. The van der Waals surface area contributed by atoms with E-state index in [0.717, 1.165) is 17.7 Å². The SMILES string of the molecule is CC1Cc2cc(S(=O)(=O)NCCCOC(C)C)ccc2N1. The predicted molar refractivity (Wildman–Crippen MR) is 84.1 cm³/mol. The van der Waals surface area contributed by atoms with Gasteiger partial charge < -0.3 is 10.1 Å². The van der Waals surface area contributed by atoms with Crippen LogP contribution in [0.4, 0.5) is 5.69 Å². The van der Waals surface area contributed by atoms with Crippen LogP contribution in [0, 0.1) is 0 Å². The first kappa shape index (κ1) is 16.3. The summed E-state index contributed by atoms with van der Waals surface area (Å²) < 4.78 is 32.5. The molecule has 0 aromatic heterocycles. The molecule has 0 fully saturated rings. The lowest BCUT2D eigenvalue weighted by Gasteiger charge is -2.10. The average molecular weight is 312 g/mol. The fourth-order valence-corrected chi connectivity index (χ4v) is 3.50. The molecule has 1 unspecified atom stereocenters. The van der Waals surface area contributed by atoms with E-state index in [1.807, 2.05) is 19.9 Å². The minimum Gasteiger partial charge on any atom is -0.382 e. The Balaban J connectivity index is 1.93. The number of anilines is 1. The van der Waals surface area contributed by atoms with E-state index < -0.39 is 10.0 Å². The second-order valence-corrected chi connectivity index (χ2v) is 7.51. The highest BCUT2D eigenvalue weighted by Gasteiger charge is 2.20. The molecule has 1 aromatic rings. The zero-order chi connectivity index (χ0) is 15.5. The van der Waals surface area contributed by atoms with Gasteiger partial charge in [0.2, 0.25) is 10.0 Å². The monoisotopic (exact) mass is 312 g/mol. The number of benzene rings is 1. The quantitative estimate of drug-likeness (QED) is 0.757. The second-order valence-electron chi connectivity index (χ2n) is 5.74. The molecule has 0 saturated heterocycles. The summed E-state index contributed by atoms with van der Waals surface area (Å²) in [6.07, 6.45) is 1.70. The Morgan fingerprint density at radius 3 is 2.90 bits per heavy atom. The first-order valence-electron chi connectivity index (χ1n) is 7.39. The van der Waals surface area contributed by atoms with Crippen molar-refractivity contribution in [1.82, 2.24) is 4.72 Å². The van der Waals surface area contributed by atoms with Gasteiger partial charge in [0.25, 0.3) is 0 Å². The molecule has 21 heavy (non-hydrogen) atoms. The van der Waals surface area contributed by atoms with Gasteiger partial charge in [-0.2, -0.15) is 0 Å². The minimum atomic E-state index is -3.43. The largest absolute Gasteiger partial charge is 0.382 e.